The fourth-order valence-electron chi connectivity index (χ4n) is 5.17. The molecule has 2 aliphatic carbocycles. The maximum absolute atomic E-state index is 14.1. The van der Waals surface area contributed by atoms with Gasteiger partial charge in [-0.3, -0.25) is 4.79 Å². The minimum Gasteiger partial charge on any atom is -0.349 e. The lowest BCUT2D eigenvalue weighted by Crippen LogP contribution is -2.36. The Balaban J connectivity index is 1.68. The molecule has 2 aliphatic rings. The maximum Gasteiger partial charge on any atom is 0.253 e. The van der Waals surface area contributed by atoms with Crippen LogP contribution in [-0.2, 0) is 6.54 Å². The van der Waals surface area contributed by atoms with Gasteiger partial charge < -0.3 is 9.88 Å². The van der Waals surface area contributed by atoms with E-state index in [1.165, 1.54) is 63.5 Å². The van der Waals surface area contributed by atoms with Gasteiger partial charge in [0.25, 0.3) is 5.91 Å². The zero-order valence-corrected chi connectivity index (χ0v) is 18.6. The Labute approximate surface area is 184 Å². The first kappa shape index (κ1) is 21.4. The van der Waals surface area contributed by atoms with Gasteiger partial charge >= 0.3 is 0 Å². The summed E-state index contributed by atoms with van der Waals surface area (Å²) in [4.78, 5) is 13.1. The first-order valence-electron chi connectivity index (χ1n) is 11.5. The topological polar surface area (TPSA) is 34.0 Å². The van der Waals surface area contributed by atoms with Crippen LogP contribution in [0.5, 0.6) is 0 Å². The van der Waals surface area contributed by atoms with Gasteiger partial charge in [0.05, 0.1) is 16.3 Å². The molecule has 1 aromatic heterocycles. The third kappa shape index (κ3) is 4.74. The summed E-state index contributed by atoms with van der Waals surface area (Å²) in [7, 11) is 0. The SMILES string of the molecule is Cc1c(C(=O)NC2CCCCC2)cc(-c2cc(F)ccc2Cl)n1CC1CCCCC1. The zero-order valence-electron chi connectivity index (χ0n) is 17.9. The van der Waals surface area contributed by atoms with E-state index < -0.39 is 0 Å². The number of rotatable bonds is 5. The number of hydrogen-bond donors (Lipinski definition) is 1. The summed E-state index contributed by atoms with van der Waals surface area (Å²) in [6.07, 6.45) is 11.9. The molecule has 2 fully saturated rings. The van der Waals surface area contributed by atoms with Gasteiger partial charge in [-0.05, 0) is 62.8 Å². The average molecular weight is 431 g/mol. The van der Waals surface area contributed by atoms with E-state index in [0.29, 0.717) is 22.1 Å². The first-order valence-corrected chi connectivity index (χ1v) is 11.9. The highest BCUT2D eigenvalue weighted by atomic mass is 35.5. The quantitative estimate of drug-likeness (QED) is 0.550. The molecule has 0 atom stereocenters. The van der Waals surface area contributed by atoms with E-state index in [0.717, 1.165) is 30.8 Å². The van der Waals surface area contributed by atoms with E-state index in [-0.39, 0.29) is 17.8 Å². The van der Waals surface area contributed by atoms with Crippen molar-refractivity contribution in [2.24, 2.45) is 5.92 Å². The second-order valence-corrected chi connectivity index (χ2v) is 9.48. The average Bonchev–Trinajstić information content (AvgIpc) is 3.07. The van der Waals surface area contributed by atoms with Crippen LogP contribution in [0.15, 0.2) is 24.3 Å². The Hall–Kier alpha value is -1.81. The molecule has 5 heteroatoms. The van der Waals surface area contributed by atoms with Gasteiger partial charge in [0.2, 0.25) is 0 Å². The van der Waals surface area contributed by atoms with Gasteiger partial charge in [0.1, 0.15) is 5.82 Å². The molecule has 1 aromatic carbocycles. The van der Waals surface area contributed by atoms with Crippen LogP contribution in [0.25, 0.3) is 11.3 Å². The molecule has 1 heterocycles. The lowest BCUT2D eigenvalue weighted by Gasteiger charge is -2.25. The molecule has 0 aliphatic heterocycles. The number of hydrogen-bond acceptors (Lipinski definition) is 1. The van der Waals surface area contributed by atoms with Crippen LogP contribution in [0, 0.1) is 18.7 Å². The zero-order chi connectivity index (χ0) is 21.1. The summed E-state index contributed by atoms with van der Waals surface area (Å²) in [6, 6.07) is 6.63. The molecule has 3 nitrogen and oxygen atoms in total. The Bertz CT molecular complexity index is 895. The van der Waals surface area contributed by atoms with Crippen LogP contribution in [0.1, 0.15) is 80.3 Å². The Morgan fingerprint density at radius 2 is 1.73 bits per heavy atom. The van der Waals surface area contributed by atoms with Crippen molar-refractivity contribution in [3.05, 3.63) is 46.4 Å². The van der Waals surface area contributed by atoms with Crippen LogP contribution in [0.4, 0.5) is 4.39 Å². The second kappa shape index (κ2) is 9.55. The first-order chi connectivity index (χ1) is 14.5. The normalized spacial score (nSPS) is 18.5. The lowest BCUT2D eigenvalue weighted by molar-refractivity contribution is 0.0927. The molecule has 1 amide bonds. The molecular weight excluding hydrogens is 399 g/mol. The number of nitrogens with one attached hydrogen (secondary N) is 1. The van der Waals surface area contributed by atoms with Gasteiger partial charge in [-0.25, -0.2) is 4.39 Å². The minimum absolute atomic E-state index is 0.0180. The van der Waals surface area contributed by atoms with E-state index in [9.17, 15) is 9.18 Å². The molecule has 2 aromatic rings. The minimum atomic E-state index is -0.314. The van der Waals surface area contributed by atoms with Crippen LogP contribution in [0.2, 0.25) is 5.02 Å². The van der Waals surface area contributed by atoms with Crippen molar-refractivity contribution in [3.63, 3.8) is 0 Å². The Kier molecular flexibility index (Phi) is 6.82. The molecule has 0 radical (unpaired) electrons. The van der Waals surface area contributed by atoms with Crippen LogP contribution in [-0.4, -0.2) is 16.5 Å². The summed E-state index contributed by atoms with van der Waals surface area (Å²) >= 11 is 6.46. The number of carbonyl (C=O) groups is 1. The lowest BCUT2D eigenvalue weighted by atomic mass is 9.89. The summed E-state index contributed by atoms with van der Waals surface area (Å²) in [5.74, 6) is 0.256. The van der Waals surface area contributed by atoms with E-state index in [1.54, 1.807) is 6.07 Å². The van der Waals surface area contributed by atoms with E-state index in [4.69, 9.17) is 11.6 Å². The van der Waals surface area contributed by atoms with Gasteiger partial charge in [-0.2, -0.15) is 0 Å². The molecule has 4 rings (SSSR count). The van der Waals surface area contributed by atoms with Crippen molar-refractivity contribution in [1.29, 1.82) is 0 Å². The van der Waals surface area contributed by atoms with Crippen molar-refractivity contribution in [3.8, 4) is 11.3 Å². The van der Waals surface area contributed by atoms with Gasteiger partial charge in [-0.15, -0.1) is 0 Å². The molecule has 0 saturated heterocycles. The molecule has 162 valence electrons. The Morgan fingerprint density at radius 3 is 2.43 bits per heavy atom. The molecule has 0 unspecified atom stereocenters. The number of amides is 1. The van der Waals surface area contributed by atoms with Crippen LogP contribution >= 0.6 is 11.6 Å². The van der Waals surface area contributed by atoms with Gasteiger partial charge in [-0.1, -0.05) is 50.1 Å². The predicted octanol–water partition coefficient (Wildman–Crippen LogP) is 6.90. The van der Waals surface area contributed by atoms with Gasteiger partial charge in [0.15, 0.2) is 0 Å². The molecule has 2 saturated carbocycles. The monoisotopic (exact) mass is 430 g/mol. The molecule has 30 heavy (non-hydrogen) atoms. The predicted molar refractivity (Wildman–Crippen MR) is 120 cm³/mol. The number of nitrogens with zero attached hydrogens (tertiary/aromatic N) is 1. The maximum atomic E-state index is 14.1. The largest absolute Gasteiger partial charge is 0.349 e. The van der Waals surface area contributed by atoms with Crippen molar-refractivity contribution in [1.82, 2.24) is 9.88 Å². The standard InChI is InChI=1S/C25H32ClFN2O/c1-17-21(25(30)28-20-10-6-3-7-11-20)15-24(22-14-19(27)12-13-23(22)26)29(17)16-18-8-4-2-5-9-18/h12-15,18,20H,2-11,16H2,1H3,(H,28,30). The van der Waals surface area contributed by atoms with Crippen molar-refractivity contribution in [2.45, 2.75) is 83.7 Å². The van der Waals surface area contributed by atoms with E-state index in [2.05, 4.69) is 9.88 Å². The molecule has 0 bridgehead atoms. The number of benzene rings is 1. The second-order valence-electron chi connectivity index (χ2n) is 9.08. The summed E-state index contributed by atoms with van der Waals surface area (Å²) in [5, 5.41) is 3.75. The highest BCUT2D eigenvalue weighted by Gasteiger charge is 2.25. The van der Waals surface area contributed by atoms with E-state index in [1.807, 2.05) is 13.0 Å². The van der Waals surface area contributed by atoms with Crippen molar-refractivity contribution < 1.29 is 9.18 Å². The van der Waals surface area contributed by atoms with Crippen molar-refractivity contribution >= 4 is 17.5 Å². The fourth-order valence-corrected chi connectivity index (χ4v) is 5.38. The van der Waals surface area contributed by atoms with Crippen LogP contribution < -0.4 is 5.32 Å². The third-order valence-corrected chi connectivity index (χ3v) is 7.25. The highest BCUT2D eigenvalue weighted by Crippen LogP contribution is 2.35. The highest BCUT2D eigenvalue weighted by molar-refractivity contribution is 6.33. The van der Waals surface area contributed by atoms with Gasteiger partial charge in [0, 0.05) is 23.8 Å². The molecule has 0 spiro atoms. The third-order valence-electron chi connectivity index (χ3n) is 6.92. The smallest absolute Gasteiger partial charge is 0.253 e. The van der Waals surface area contributed by atoms with E-state index >= 15 is 0 Å². The fraction of sp³-hybridized carbons (Fsp3) is 0.560. The molecule has 1 N–H and O–H groups in total. The number of carbonyl (C=O) groups excluding carboxylic acids is 1. The summed E-state index contributed by atoms with van der Waals surface area (Å²) in [6.45, 7) is 2.86. The summed E-state index contributed by atoms with van der Waals surface area (Å²) < 4.78 is 16.3. The summed E-state index contributed by atoms with van der Waals surface area (Å²) in [5.41, 5.74) is 3.14. The van der Waals surface area contributed by atoms with Crippen LogP contribution in [0.3, 0.4) is 0 Å². The Morgan fingerprint density at radius 1 is 1.07 bits per heavy atom. The molecular formula is C25H32ClFN2O. The number of aromatic nitrogens is 1. The number of halogens is 2. The van der Waals surface area contributed by atoms with Crippen molar-refractivity contribution in [2.75, 3.05) is 0 Å².